The zero-order valence-corrected chi connectivity index (χ0v) is 11.6. The van der Waals surface area contributed by atoms with Crippen LogP contribution in [0.15, 0.2) is 18.2 Å². The predicted octanol–water partition coefficient (Wildman–Crippen LogP) is 3.22. The molecule has 0 spiro atoms. The molecule has 2 nitrogen and oxygen atoms in total. The number of rotatable bonds is 5. The third-order valence-electron chi connectivity index (χ3n) is 3.53. The molecular formula is C15H23NO. The fourth-order valence-electron chi connectivity index (χ4n) is 2.07. The summed E-state index contributed by atoms with van der Waals surface area (Å²) in [7, 11) is 0. The second-order valence-corrected chi connectivity index (χ2v) is 4.56. The van der Waals surface area contributed by atoms with Gasteiger partial charge in [-0.05, 0) is 51.1 Å². The minimum atomic E-state index is -0.0351. The highest BCUT2D eigenvalue weighted by Crippen LogP contribution is 2.13. The summed E-state index contributed by atoms with van der Waals surface area (Å²) in [5, 5.41) is 0. The maximum Gasteiger partial charge on any atom is 0.179 e. The molecule has 1 unspecified atom stereocenters. The van der Waals surface area contributed by atoms with E-state index in [1.54, 1.807) is 0 Å². The van der Waals surface area contributed by atoms with Gasteiger partial charge in [0.15, 0.2) is 5.78 Å². The Bertz CT molecular complexity index is 394. The van der Waals surface area contributed by atoms with Crippen molar-refractivity contribution < 1.29 is 4.79 Å². The first-order valence-corrected chi connectivity index (χ1v) is 6.36. The molecule has 0 fully saturated rings. The monoisotopic (exact) mass is 233 g/mol. The molecule has 1 rings (SSSR count). The maximum atomic E-state index is 12.3. The lowest BCUT2D eigenvalue weighted by atomic mass is 9.99. The third-order valence-corrected chi connectivity index (χ3v) is 3.53. The average molecular weight is 233 g/mol. The minimum Gasteiger partial charge on any atom is -0.294 e. The van der Waals surface area contributed by atoms with Crippen LogP contribution >= 0.6 is 0 Å². The number of aryl methyl sites for hydroxylation is 2. The lowest BCUT2D eigenvalue weighted by Gasteiger charge is -2.25. The highest BCUT2D eigenvalue weighted by Gasteiger charge is 2.20. The fraction of sp³-hybridized carbons (Fsp3) is 0.533. The van der Waals surface area contributed by atoms with E-state index in [0.717, 1.165) is 18.7 Å². The molecule has 1 atom stereocenters. The molecule has 0 saturated heterocycles. The third kappa shape index (κ3) is 3.16. The summed E-state index contributed by atoms with van der Waals surface area (Å²) in [5.41, 5.74) is 3.24. The molecule has 0 heterocycles. The highest BCUT2D eigenvalue weighted by atomic mass is 16.1. The van der Waals surface area contributed by atoms with Crippen molar-refractivity contribution in [3.63, 3.8) is 0 Å². The Hall–Kier alpha value is -1.15. The van der Waals surface area contributed by atoms with Crippen molar-refractivity contribution in [1.82, 2.24) is 4.90 Å². The van der Waals surface area contributed by atoms with Crippen molar-refractivity contribution in [2.45, 2.75) is 40.7 Å². The van der Waals surface area contributed by atoms with Gasteiger partial charge in [0.05, 0.1) is 6.04 Å². The number of hydrogen-bond acceptors (Lipinski definition) is 2. The first-order chi connectivity index (χ1) is 8.01. The van der Waals surface area contributed by atoms with E-state index in [9.17, 15) is 4.79 Å². The van der Waals surface area contributed by atoms with Crippen LogP contribution in [0, 0.1) is 13.8 Å². The lowest BCUT2D eigenvalue weighted by Crippen LogP contribution is -2.38. The van der Waals surface area contributed by atoms with Crippen LogP contribution in [0.5, 0.6) is 0 Å². The van der Waals surface area contributed by atoms with Gasteiger partial charge >= 0.3 is 0 Å². The Morgan fingerprint density at radius 2 is 1.76 bits per heavy atom. The Kier molecular flexibility index (Phi) is 4.88. The van der Waals surface area contributed by atoms with E-state index in [4.69, 9.17) is 0 Å². The van der Waals surface area contributed by atoms with Crippen LogP contribution < -0.4 is 0 Å². The number of carbonyl (C=O) groups is 1. The minimum absolute atomic E-state index is 0.0351. The smallest absolute Gasteiger partial charge is 0.179 e. The van der Waals surface area contributed by atoms with Crippen molar-refractivity contribution in [2.24, 2.45) is 0 Å². The molecule has 2 heteroatoms. The number of carbonyl (C=O) groups excluding carboxylic acids is 1. The van der Waals surface area contributed by atoms with E-state index < -0.39 is 0 Å². The van der Waals surface area contributed by atoms with Crippen LogP contribution in [0.4, 0.5) is 0 Å². The predicted molar refractivity (Wildman–Crippen MR) is 72.6 cm³/mol. The molecule has 0 radical (unpaired) electrons. The standard InChI is InChI=1S/C15H23NO/c1-6-16(7-2)13(5)15(17)14-9-8-11(3)12(4)10-14/h8-10,13H,6-7H2,1-5H3. The molecular weight excluding hydrogens is 210 g/mol. The molecule has 17 heavy (non-hydrogen) atoms. The maximum absolute atomic E-state index is 12.3. The van der Waals surface area contributed by atoms with Crippen molar-refractivity contribution in [3.8, 4) is 0 Å². The highest BCUT2D eigenvalue weighted by molar-refractivity contribution is 6.00. The molecule has 0 aliphatic heterocycles. The van der Waals surface area contributed by atoms with Gasteiger partial charge in [-0.1, -0.05) is 26.0 Å². The summed E-state index contributed by atoms with van der Waals surface area (Å²) < 4.78 is 0. The van der Waals surface area contributed by atoms with Gasteiger partial charge in [-0.15, -0.1) is 0 Å². The second kappa shape index (κ2) is 5.97. The lowest BCUT2D eigenvalue weighted by molar-refractivity contribution is 0.0851. The molecule has 0 amide bonds. The van der Waals surface area contributed by atoms with E-state index in [0.29, 0.717) is 0 Å². The Morgan fingerprint density at radius 3 is 2.24 bits per heavy atom. The van der Waals surface area contributed by atoms with Gasteiger partial charge in [-0.25, -0.2) is 0 Å². The Labute approximate surface area is 105 Å². The molecule has 1 aromatic carbocycles. The van der Waals surface area contributed by atoms with Crippen LogP contribution in [-0.2, 0) is 0 Å². The quantitative estimate of drug-likeness (QED) is 0.728. The number of ketones is 1. The van der Waals surface area contributed by atoms with Crippen molar-refractivity contribution >= 4 is 5.78 Å². The number of nitrogens with zero attached hydrogens (tertiary/aromatic N) is 1. The Morgan fingerprint density at radius 1 is 1.18 bits per heavy atom. The normalized spacial score (nSPS) is 12.8. The topological polar surface area (TPSA) is 20.3 Å². The second-order valence-electron chi connectivity index (χ2n) is 4.56. The van der Waals surface area contributed by atoms with Crippen LogP contribution in [0.3, 0.4) is 0 Å². The van der Waals surface area contributed by atoms with E-state index in [-0.39, 0.29) is 11.8 Å². The number of benzene rings is 1. The van der Waals surface area contributed by atoms with Gasteiger partial charge in [0.1, 0.15) is 0 Å². The SMILES string of the molecule is CCN(CC)C(C)C(=O)c1ccc(C)c(C)c1. The number of likely N-dealkylation sites (N-methyl/N-ethyl adjacent to an activating group) is 1. The number of hydrogen-bond donors (Lipinski definition) is 0. The summed E-state index contributed by atoms with van der Waals surface area (Å²) in [5.74, 6) is 0.219. The van der Waals surface area contributed by atoms with Gasteiger partial charge in [0.25, 0.3) is 0 Å². The van der Waals surface area contributed by atoms with Gasteiger partial charge in [0, 0.05) is 5.56 Å². The van der Waals surface area contributed by atoms with Gasteiger partial charge < -0.3 is 0 Å². The van der Waals surface area contributed by atoms with Crippen LogP contribution in [0.2, 0.25) is 0 Å². The van der Waals surface area contributed by atoms with Gasteiger partial charge in [0.2, 0.25) is 0 Å². The molecule has 0 aliphatic carbocycles. The first kappa shape index (κ1) is 13.9. The average Bonchev–Trinajstić information content (AvgIpc) is 2.33. The van der Waals surface area contributed by atoms with E-state index in [1.807, 2.05) is 32.0 Å². The Balaban J connectivity index is 2.92. The van der Waals surface area contributed by atoms with Crippen LogP contribution in [-0.4, -0.2) is 29.8 Å². The summed E-state index contributed by atoms with van der Waals surface area (Å²) in [6.07, 6.45) is 0. The van der Waals surface area contributed by atoms with Crippen molar-refractivity contribution in [2.75, 3.05) is 13.1 Å². The summed E-state index contributed by atoms with van der Waals surface area (Å²) in [6.45, 7) is 12.1. The molecule has 0 saturated carbocycles. The van der Waals surface area contributed by atoms with E-state index in [2.05, 4.69) is 25.7 Å². The largest absolute Gasteiger partial charge is 0.294 e. The first-order valence-electron chi connectivity index (χ1n) is 6.36. The van der Waals surface area contributed by atoms with Crippen LogP contribution in [0.25, 0.3) is 0 Å². The van der Waals surface area contributed by atoms with Crippen LogP contribution in [0.1, 0.15) is 42.3 Å². The summed E-state index contributed by atoms with van der Waals surface area (Å²) >= 11 is 0. The molecule has 0 aromatic heterocycles. The molecule has 0 bridgehead atoms. The zero-order chi connectivity index (χ0) is 13.0. The zero-order valence-electron chi connectivity index (χ0n) is 11.6. The fourth-order valence-corrected chi connectivity index (χ4v) is 2.07. The van der Waals surface area contributed by atoms with Gasteiger partial charge in [-0.2, -0.15) is 0 Å². The molecule has 0 aliphatic rings. The van der Waals surface area contributed by atoms with Gasteiger partial charge in [-0.3, -0.25) is 9.69 Å². The van der Waals surface area contributed by atoms with E-state index >= 15 is 0 Å². The molecule has 0 N–H and O–H groups in total. The summed E-state index contributed by atoms with van der Waals surface area (Å²) in [6, 6.07) is 5.92. The number of Topliss-reactive ketones (excluding diaryl/α,β-unsaturated/α-hetero) is 1. The van der Waals surface area contributed by atoms with E-state index in [1.165, 1.54) is 11.1 Å². The molecule has 1 aromatic rings. The van der Waals surface area contributed by atoms with Crippen molar-refractivity contribution in [3.05, 3.63) is 34.9 Å². The summed E-state index contributed by atoms with van der Waals surface area (Å²) in [4.78, 5) is 14.5. The van der Waals surface area contributed by atoms with Crippen molar-refractivity contribution in [1.29, 1.82) is 0 Å². The molecule has 94 valence electrons.